The minimum atomic E-state index is 0.103. The third-order valence-electron chi connectivity index (χ3n) is 5.86. The zero-order valence-corrected chi connectivity index (χ0v) is 16.5. The van der Waals surface area contributed by atoms with E-state index >= 15 is 0 Å². The number of likely N-dealkylation sites (N-methyl/N-ethyl adjacent to an activating group) is 1. The summed E-state index contributed by atoms with van der Waals surface area (Å²) in [4.78, 5) is 30.0. The maximum Gasteiger partial charge on any atom is 0.236 e. The van der Waals surface area contributed by atoms with Gasteiger partial charge >= 0.3 is 0 Å². The number of aryl methyl sites for hydroxylation is 1. The van der Waals surface area contributed by atoms with E-state index in [4.69, 9.17) is 4.74 Å². The molecule has 2 fully saturated rings. The molecule has 0 N–H and O–H groups in total. The number of rotatable bonds is 6. The molecule has 2 saturated heterocycles. The smallest absolute Gasteiger partial charge is 0.236 e. The van der Waals surface area contributed by atoms with E-state index in [1.807, 2.05) is 29.0 Å². The predicted molar refractivity (Wildman–Crippen MR) is 105 cm³/mol. The molecule has 2 amide bonds. The first kappa shape index (κ1) is 19.7. The van der Waals surface area contributed by atoms with Crippen LogP contribution < -0.4 is 4.74 Å². The summed E-state index contributed by atoms with van der Waals surface area (Å²) in [5, 5.41) is 0. The Morgan fingerprint density at radius 3 is 2.44 bits per heavy atom. The number of nitrogens with zero attached hydrogens (tertiary/aromatic N) is 3. The van der Waals surface area contributed by atoms with Crippen molar-refractivity contribution < 1.29 is 14.3 Å². The highest BCUT2D eigenvalue weighted by Crippen LogP contribution is 2.23. The van der Waals surface area contributed by atoms with Crippen LogP contribution in [0.5, 0.6) is 5.75 Å². The first-order valence-corrected chi connectivity index (χ1v) is 9.92. The lowest BCUT2D eigenvalue weighted by Crippen LogP contribution is -2.52. The van der Waals surface area contributed by atoms with Gasteiger partial charge in [0.15, 0.2) is 0 Å². The zero-order chi connectivity index (χ0) is 19.2. The molecule has 1 aromatic carbocycles. The van der Waals surface area contributed by atoms with E-state index in [0.29, 0.717) is 25.6 Å². The van der Waals surface area contributed by atoms with Crippen molar-refractivity contribution in [2.45, 2.75) is 25.7 Å². The Morgan fingerprint density at radius 2 is 1.81 bits per heavy atom. The van der Waals surface area contributed by atoms with Crippen LogP contribution in [-0.4, -0.2) is 79.9 Å². The fourth-order valence-electron chi connectivity index (χ4n) is 3.87. The first-order valence-electron chi connectivity index (χ1n) is 9.92. The van der Waals surface area contributed by atoms with Gasteiger partial charge in [-0.25, -0.2) is 0 Å². The summed E-state index contributed by atoms with van der Waals surface area (Å²) in [6.45, 7) is 3.91. The summed E-state index contributed by atoms with van der Waals surface area (Å²) in [6, 6.07) is 8.29. The maximum atomic E-state index is 12.5. The quantitative estimate of drug-likeness (QED) is 0.761. The highest BCUT2D eigenvalue weighted by atomic mass is 16.5. The van der Waals surface area contributed by atoms with Gasteiger partial charge in [0, 0.05) is 33.2 Å². The number of carbonyl (C=O) groups excluding carboxylic acids is 2. The number of hydrogen-bond donors (Lipinski definition) is 0. The standard InChI is InChI=1S/C21H31N3O3/c1-22-13-14-23(15-20(22)25)16-21(26)24-11-9-18(10-12-24)4-3-17-5-7-19(27-2)8-6-17/h5-8,18H,3-4,9-16H2,1-2H3. The van der Waals surface area contributed by atoms with Gasteiger partial charge in [0.25, 0.3) is 0 Å². The molecule has 0 aromatic heterocycles. The Bertz CT molecular complexity index is 639. The second-order valence-corrected chi connectivity index (χ2v) is 7.74. The van der Waals surface area contributed by atoms with Crippen molar-refractivity contribution >= 4 is 11.8 Å². The van der Waals surface area contributed by atoms with Gasteiger partial charge in [-0.1, -0.05) is 12.1 Å². The summed E-state index contributed by atoms with van der Waals surface area (Å²) in [5.74, 6) is 1.85. The van der Waals surface area contributed by atoms with Crippen LogP contribution in [0, 0.1) is 5.92 Å². The zero-order valence-electron chi connectivity index (χ0n) is 16.5. The van der Waals surface area contributed by atoms with E-state index in [0.717, 1.165) is 44.6 Å². The Hall–Kier alpha value is -2.08. The molecule has 0 bridgehead atoms. The van der Waals surface area contributed by atoms with Gasteiger partial charge in [0.1, 0.15) is 5.75 Å². The van der Waals surface area contributed by atoms with Gasteiger partial charge in [0.2, 0.25) is 11.8 Å². The number of ether oxygens (including phenoxy) is 1. The lowest BCUT2D eigenvalue weighted by atomic mass is 9.90. The van der Waals surface area contributed by atoms with Gasteiger partial charge in [-0.15, -0.1) is 0 Å². The molecule has 3 rings (SSSR count). The summed E-state index contributed by atoms with van der Waals surface area (Å²) in [6.07, 6.45) is 4.39. The van der Waals surface area contributed by atoms with Gasteiger partial charge in [-0.2, -0.15) is 0 Å². The minimum absolute atomic E-state index is 0.103. The largest absolute Gasteiger partial charge is 0.497 e. The van der Waals surface area contributed by atoms with Gasteiger partial charge in [0.05, 0.1) is 20.2 Å². The molecule has 0 aliphatic carbocycles. The number of piperazine rings is 1. The third-order valence-corrected chi connectivity index (χ3v) is 5.86. The molecular weight excluding hydrogens is 342 g/mol. The van der Waals surface area contributed by atoms with Crippen molar-refractivity contribution in [2.24, 2.45) is 5.92 Å². The van der Waals surface area contributed by atoms with E-state index < -0.39 is 0 Å². The van der Waals surface area contributed by atoms with Crippen molar-refractivity contribution in [3.8, 4) is 5.75 Å². The molecule has 2 aliphatic heterocycles. The van der Waals surface area contributed by atoms with Gasteiger partial charge in [-0.3, -0.25) is 14.5 Å². The lowest BCUT2D eigenvalue weighted by Gasteiger charge is -2.35. The van der Waals surface area contributed by atoms with Crippen LogP contribution in [0.3, 0.4) is 0 Å². The fraction of sp³-hybridized carbons (Fsp3) is 0.619. The Balaban J connectivity index is 1.37. The van der Waals surface area contributed by atoms with Gasteiger partial charge in [-0.05, 0) is 49.3 Å². The summed E-state index contributed by atoms with van der Waals surface area (Å²) >= 11 is 0. The van der Waals surface area contributed by atoms with E-state index in [2.05, 4.69) is 12.1 Å². The van der Waals surface area contributed by atoms with Crippen molar-refractivity contribution in [3.63, 3.8) is 0 Å². The van der Waals surface area contributed by atoms with E-state index in [1.165, 1.54) is 12.0 Å². The fourth-order valence-corrected chi connectivity index (χ4v) is 3.87. The van der Waals surface area contributed by atoms with Crippen LogP contribution in [0.2, 0.25) is 0 Å². The number of carbonyl (C=O) groups is 2. The highest BCUT2D eigenvalue weighted by Gasteiger charge is 2.27. The number of likely N-dealkylation sites (tertiary alicyclic amines) is 1. The van der Waals surface area contributed by atoms with Crippen LogP contribution in [0.15, 0.2) is 24.3 Å². The highest BCUT2D eigenvalue weighted by molar-refractivity contribution is 5.81. The maximum absolute atomic E-state index is 12.5. The average Bonchev–Trinajstić information content (AvgIpc) is 2.70. The summed E-state index contributed by atoms with van der Waals surface area (Å²) in [7, 11) is 3.50. The number of piperidine rings is 1. The van der Waals surface area contributed by atoms with E-state index in [1.54, 1.807) is 12.0 Å². The number of hydrogen-bond acceptors (Lipinski definition) is 4. The molecule has 0 unspecified atom stereocenters. The number of amides is 2. The molecule has 2 heterocycles. The number of benzene rings is 1. The second-order valence-electron chi connectivity index (χ2n) is 7.74. The molecule has 6 heteroatoms. The lowest BCUT2D eigenvalue weighted by molar-refractivity contribution is -0.138. The molecule has 0 atom stereocenters. The first-order chi connectivity index (χ1) is 13.0. The van der Waals surface area contributed by atoms with Crippen LogP contribution >= 0.6 is 0 Å². The van der Waals surface area contributed by atoms with Crippen LogP contribution in [0.4, 0.5) is 0 Å². The third kappa shape index (κ3) is 5.45. The molecule has 0 radical (unpaired) electrons. The van der Waals surface area contributed by atoms with Crippen molar-refractivity contribution in [3.05, 3.63) is 29.8 Å². The molecule has 2 aliphatic rings. The predicted octanol–water partition coefficient (Wildman–Crippen LogP) is 1.64. The van der Waals surface area contributed by atoms with E-state index in [9.17, 15) is 9.59 Å². The molecule has 148 valence electrons. The SMILES string of the molecule is COc1ccc(CCC2CCN(C(=O)CN3CCN(C)C(=O)C3)CC2)cc1. The Labute approximate surface area is 162 Å². The molecular formula is C21H31N3O3. The van der Waals surface area contributed by atoms with Crippen LogP contribution in [0.25, 0.3) is 0 Å². The Kier molecular flexibility index (Phi) is 6.72. The molecule has 6 nitrogen and oxygen atoms in total. The van der Waals surface area contributed by atoms with Crippen LogP contribution in [0.1, 0.15) is 24.8 Å². The topological polar surface area (TPSA) is 53.1 Å². The average molecular weight is 373 g/mol. The van der Waals surface area contributed by atoms with Crippen molar-refractivity contribution in [1.29, 1.82) is 0 Å². The molecule has 1 aromatic rings. The Morgan fingerprint density at radius 1 is 1.11 bits per heavy atom. The van der Waals surface area contributed by atoms with Gasteiger partial charge < -0.3 is 14.5 Å². The molecule has 0 saturated carbocycles. The minimum Gasteiger partial charge on any atom is -0.497 e. The monoisotopic (exact) mass is 373 g/mol. The van der Waals surface area contributed by atoms with Crippen LogP contribution in [-0.2, 0) is 16.0 Å². The molecule has 27 heavy (non-hydrogen) atoms. The van der Waals surface area contributed by atoms with Crippen molar-refractivity contribution in [2.75, 3.05) is 53.4 Å². The molecule has 0 spiro atoms. The normalized spacial score (nSPS) is 19.4. The van der Waals surface area contributed by atoms with E-state index in [-0.39, 0.29) is 11.8 Å². The summed E-state index contributed by atoms with van der Waals surface area (Å²) in [5.41, 5.74) is 1.34. The second kappa shape index (κ2) is 9.22. The number of methoxy groups -OCH3 is 1. The summed E-state index contributed by atoms with van der Waals surface area (Å²) < 4.78 is 5.20. The van der Waals surface area contributed by atoms with Crippen molar-refractivity contribution in [1.82, 2.24) is 14.7 Å².